The predicted octanol–water partition coefficient (Wildman–Crippen LogP) is 5.80. The molecule has 34 heavy (non-hydrogen) atoms. The Kier molecular flexibility index (Phi) is 6.94. The minimum Gasteiger partial charge on any atom is -0.467 e. The Morgan fingerprint density at radius 2 is 1.97 bits per heavy atom. The smallest absolute Gasteiger partial charge is 0.266 e. The SMILES string of the molecule is O=C(Cn1cc(/C=C2\SC(=S)N(Cc3ccco3)C2=O)c2cc(Br)ccc21)N1CCCCCC1. The summed E-state index contributed by atoms with van der Waals surface area (Å²) in [5.41, 5.74) is 1.85. The van der Waals surface area contributed by atoms with E-state index in [9.17, 15) is 9.59 Å². The molecule has 0 N–H and O–H groups in total. The Labute approximate surface area is 216 Å². The van der Waals surface area contributed by atoms with E-state index in [0.29, 0.717) is 21.5 Å². The van der Waals surface area contributed by atoms with Crippen molar-refractivity contribution in [2.75, 3.05) is 13.1 Å². The Balaban J connectivity index is 1.43. The molecule has 1 aromatic carbocycles. The fourth-order valence-corrected chi connectivity index (χ4v) is 6.05. The van der Waals surface area contributed by atoms with Crippen molar-refractivity contribution >= 4 is 73.0 Å². The van der Waals surface area contributed by atoms with Crippen molar-refractivity contribution in [3.63, 3.8) is 0 Å². The molecule has 2 aromatic heterocycles. The Morgan fingerprint density at radius 1 is 1.18 bits per heavy atom. The maximum Gasteiger partial charge on any atom is 0.266 e. The standard InChI is InChI=1S/C25H24BrN3O3S2/c26-18-7-8-21-20(13-18)17(14-28(21)16-23(30)27-9-3-1-2-4-10-27)12-22-24(31)29(25(33)34-22)15-19-6-5-11-32-19/h5-8,11-14H,1-4,9-10,15-16H2/b22-12-. The number of likely N-dealkylation sites (tertiary alicyclic amines) is 1. The molecule has 0 spiro atoms. The summed E-state index contributed by atoms with van der Waals surface area (Å²) in [6.07, 6.45) is 9.93. The highest BCUT2D eigenvalue weighted by Crippen LogP contribution is 2.36. The number of carbonyl (C=O) groups excluding carboxylic acids is 2. The molecular formula is C25H24BrN3O3S2. The average molecular weight is 559 g/mol. The maximum absolute atomic E-state index is 13.1. The molecule has 3 aromatic rings. The van der Waals surface area contributed by atoms with E-state index in [1.807, 2.05) is 46.0 Å². The van der Waals surface area contributed by atoms with Gasteiger partial charge in [0.2, 0.25) is 5.91 Å². The van der Waals surface area contributed by atoms with Crippen LogP contribution in [-0.4, -0.2) is 43.6 Å². The van der Waals surface area contributed by atoms with Gasteiger partial charge in [-0.2, -0.15) is 0 Å². The van der Waals surface area contributed by atoms with Crippen LogP contribution >= 0.6 is 39.9 Å². The van der Waals surface area contributed by atoms with Gasteiger partial charge in [-0.1, -0.05) is 52.8 Å². The Bertz CT molecular complexity index is 1270. The molecule has 2 aliphatic rings. The van der Waals surface area contributed by atoms with Crippen LogP contribution in [0.5, 0.6) is 0 Å². The van der Waals surface area contributed by atoms with Gasteiger partial charge in [-0.25, -0.2) is 0 Å². The highest BCUT2D eigenvalue weighted by molar-refractivity contribution is 9.10. The van der Waals surface area contributed by atoms with Crippen molar-refractivity contribution in [1.29, 1.82) is 0 Å². The highest BCUT2D eigenvalue weighted by Gasteiger charge is 2.33. The second kappa shape index (κ2) is 10.1. The first kappa shape index (κ1) is 23.4. The zero-order valence-electron chi connectivity index (χ0n) is 18.5. The van der Waals surface area contributed by atoms with Crippen LogP contribution in [0.25, 0.3) is 17.0 Å². The van der Waals surface area contributed by atoms with E-state index >= 15 is 0 Å². The average Bonchev–Trinajstić information content (AvgIpc) is 3.43. The molecule has 0 bridgehead atoms. The first-order valence-corrected chi connectivity index (χ1v) is 13.4. The van der Waals surface area contributed by atoms with Gasteiger partial charge < -0.3 is 13.9 Å². The van der Waals surface area contributed by atoms with E-state index in [0.717, 1.165) is 46.9 Å². The summed E-state index contributed by atoms with van der Waals surface area (Å²) in [6.45, 7) is 2.25. The lowest BCUT2D eigenvalue weighted by Gasteiger charge is -2.20. The molecule has 2 saturated heterocycles. The van der Waals surface area contributed by atoms with Gasteiger partial charge in [0.05, 0.1) is 17.7 Å². The zero-order chi connectivity index (χ0) is 23.7. The van der Waals surface area contributed by atoms with E-state index in [4.69, 9.17) is 16.6 Å². The number of rotatable bonds is 5. The van der Waals surface area contributed by atoms with Gasteiger partial charge in [-0.05, 0) is 49.2 Å². The quantitative estimate of drug-likeness (QED) is 0.293. The molecule has 0 saturated carbocycles. The Morgan fingerprint density at radius 3 is 2.71 bits per heavy atom. The number of halogens is 1. The summed E-state index contributed by atoms with van der Waals surface area (Å²) in [5, 5.41) is 0.981. The molecule has 0 aliphatic carbocycles. The molecular weight excluding hydrogens is 534 g/mol. The molecule has 176 valence electrons. The minimum absolute atomic E-state index is 0.136. The summed E-state index contributed by atoms with van der Waals surface area (Å²) in [7, 11) is 0. The number of hydrogen-bond acceptors (Lipinski definition) is 5. The normalized spacial score (nSPS) is 18.3. The van der Waals surface area contributed by atoms with Crippen LogP contribution in [-0.2, 0) is 22.7 Å². The van der Waals surface area contributed by atoms with Crippen LogP contribution in [0.2, 0.25) is 0 Å². The Hall–Kier alpha value is -2.36. The van der Waals surface area contributed by atoms with E-state index in [1.54, 1.807) is 17.2 Å². The number of thioether (sulfide) groups is 1. The largest absolute Gasteiger partial charge is 0.467 e. The van der Waals surface area contributed by atoms with Gasteiger partial charge in [-0.3, -0.25) is 14.5 Å². The van der Waals surface area contributed by atoms with Crippen LogP contribution in [0.3, 0.4) is 0 Å². The number of thiocarbonyl (C=S) groups is 1. The molecule has 9 heteroatoms. The second-order valence-corrected chi connectivity index (χ2v) is 11.1. The first-order chi connectivity index (χ1) is 16.5. The number of amides is 2. The number of nitrogens with zero attached hydrogens (tertiary/aromatic N) is 3. The summed E-state index contributed by atoms with van der Waals surface area (Å²) in [6, 6.07) is 9.63. The number of aromatic nitrogens is 1. The third-order valence-corrected chi connectivity index (χ3v) is 8.06. The van der Waals surface area contributed by atoms with Crippen molar-refractivity contribution < 1.29 is 14.0 Å². The van der Waals surface area contributed by atoms with Crippen molar-refractivity contribution in [2.24, 2.45) is 0 Å². The van der Waals surface area contributed by atoms with Crippen LogP contribution in [0, 0.1) is 0 Å². The molecule has 2 amide bonds. The lowest BCUT2D eigenvalue weighted by Crippen LogP contribution is -2.34. The van der Waals surface area contributed by atoms with Crippen LogP contribution in [0.4, 0.5) is 0 Å². The highest BCUT2D eigenvalue weighted by atomic mass is 79.9. The molecule has 0 unspecified atom stereocenters. The van der Waals surface area contributed by atoms with Crippen LogP contribution < -0.4 is 0 Å². The lowest BCUT2D eigenvalue weighted by atomic mass is 10.1. The van der Waals surface area contributed by atoms with Gasteiger partial charge >= 0.3 is 0 Å². The summed E-state index contributed by atoms with van der Waals surface area (Å²) in [4.78, 5) is 30.3. The van der Waals surface area contributed by atoms with Crippen molar-refractivity contribution in [3.05, 3.63) is 63.5 Å². The zero-order valence-corrected chi connectivity index (χ0v) is 21.8. The number of carbonyl (C=O) groups is 2. The van der Waals surface area contributed by atoms with E-state index in [2.05, 4.69) is 15.9 Å². The fourth-order valence-electron chi connectivity index (χ4n) is 4.44. The molecule has 0 radical (unpaired) electrons. The number of fused-ring (bicyclic) bond motifs is 1. The van der Waals surface area contributed by atoms with E-state index in [1.165, 1.54) is 24.6 Å². The minimum atomic E-state index is -0.136. The van der Waals surface area contributed by atoms with Crippen molar-refractivity contribution in [2.45, 2.75) is 38.8 Å². The topological polar surface area (TPSA) is 58.7 Å². The first-order valence-electron chi connectivity index (χ1n) is 11.3. The predicted molar refractivity (Wildman–Crippen MR) is 142 cm³/mol. The molecule has 4 heterocycles. The third kappa shape index (κ3) is 4.87. The number of furan rings is 1. The number of benzene rings is 1. The van der Waals surface area contributed by atoms with Crippen molar-refractivity contribution in [3.8, 4) is 0 Å². The van der Waals surface area contributed by atoms with Gasteiger partial charge in [0.25, 0.3) is 5.91 Å². The van der Waals surface area contributed by atoms with Crippen LogP contribution in [0.15, 0.2) is 56.6 Å². The van der Waals surface area contributed by atoms with E-state index < -0.39 is 0 Å². The van der Waals surface area contributed by atoms with Crippen LogP contribution in [0.1, 0.15) is 37.0 Å². The molecule has 5 rings (SSSR count). The summed E-state index contributed by atoms with van der Waals surface area (Å²) < 4.78 is 8.83. The summed E-state index contributed by atoms with van der Waals surface area (Å²) >= 11 is 10.3. The molecule has 2 aliphatic heterocycles. The third-order valence-electron chi connectivity index (χ3n) is 6.19. The monoisotopic (exact) mass is 557 g/mol. The molecule has 6 nitrogen and oxygen atoms in total. The van der Waals surface area contributed by atoms with Gasteiger partial charge in [0, 0.05) is 40.2 Å². The summed E-state index contributed by atoms with van der Waals surface area (Å²) in [5.74, 6) is 0.686. The number of hydrogen-bond donors (Lipinski definition) is 0. The van der Waals surface area contributed by atoms with Gasteiger partial charge in [-0.15, -0.1) is 0 Å². The lowest BCUT2D eigenvalue weighted by molar-refractivity contribution is -0.131. The van der Waals surface area contributed by atoms with Gasteiger partial charge in [0.1, 0.15) is 16.6 Å². The van der Waals surface area contributed by atoms with E-state index in [-0.39, 0.29) is 18.4 Å². The maximum atomic E-state index is 13.1. The second-order valence-electron chi connectivity index (χ2n) is 8.52. The molecule has 0 atom stereocenters. The van der Waals surface area contributed by atoms with Gasteiger partial charge in [0.15, 0.2) is 0 Å². The molecule has 2 fully saturated rings. The van der Waals surface area contributed by atoms with Crippen molar-refractivity contribution in [1.82, 2.24) is 14.4 Å². The fraction of sp³-hybridized carbons (Fsp3) is 0.320.